The highest BCUT2D eigenvalue weighted by molar-refractivity contribution is 5.08. The Morgan fingerprint density at radius 1 is 1.33 bits per heavy atom. The second-order valence-electron chi connectivity index (χ2n) is 3.50. The average molecular weight is 201 g/mol. The molecule has 0 amide bonds. The van der Waals surface area contributed by atoms with Crippen LogP contribution in [0.15, 0.2) is 36.9 Å². The summed E-state index contributed by atoms with van der Waals surface area (Å²) in [5.41, 5.74) is 1.27. The molecule has 0 spiro atoms. The van der Waals surface area contributed by atoms with Crippen LogP contribution >= 0.6 is 0 Å². The molecule has 2 rings (SSSR count). The van der Waals surface area contributed by atoms with Crippen LogP contribution in [0.2, 0.25) is 0 Å². The number of aryl methyl sites for hydroxylation is 3. The van der Waals surface area contributed by atoms with Gasteiger partial charge >= 0.3 is 0 Å². The van der Waals surface area contributed by atoms with E-state index in [0.29, 0.717) is 0 Å². The van der Waals surface area contributed by atoms with Crippen LogP contribution in [0.3, 0.4) is 0 Å². The Morgan fingerprint density at radius 3 is 3.00 bits per heavy atom. The van der Waals surface area contributed by atoms with Gasteiger partial charge in [-0.3, -0.25) is 4.98 Å². The third-order valence-corrected chi connectivity index (χ3v) is 2.48. The summed E-state index contributed by atoms with van der Waals surface area (Å²) in [6, 6.07) is 4.08. The summed E-state index contributed by atoms with van der Waals surface area (Å²) in [7, 11) is 0. The van der Waals surface area contributed by atoms with Gasteiger partial charge in [0.2, 0.25) is 0 Å². The minimum absolute atomic E-state index is 0.981. The molecular formula is C12H15N3. The Bertz CT molecular complexity index is 406. The largest absolute Gasteiger partial charge is 0.335 e. The van der Waals surface area contributed by atoms with Crippen molar-refractivity contribution in [2.75, 3.05) is 0 Å². The first-order valence-electron chi connectivity index (χ1n) is 5.29. The lowest BCUT2D eigenvalue weighted by molar-refractivity contribution is 0.655. The van der Waals surface area contributed by atoms with Crippen molar-refractivity contribution in [1.29, 1.82) is 0 Å². The minimum atomic E-state index is 0.981. The molecule has 3 nitrogen and oxygen atoms in total. The van der Waals surface area contributed by atoms with Gasteiger partial charge < -0.3 is 4.57 Å². The van der Waals surface area contributed by atoms with Crippen LogP contribution in [-0.4, -0.2) is 14.5 Å². The van der Waals surface area contributed by atoms with Crippen LogP contribution in [0.5, 0.6) is 0 Å². The smallest absolute Gasteiger partial charge is 0.108 e. The molecular weight excluding hydrogens is 186 g/mol. The second-order valence-corrected chi connectivity index (χ2v) is 3.50. The summed E-state index contributed by atoms with van der Waals surface area (Å²) in [5, 5.41) is 0. The molecule has 15 heavy (non-hydrogen) atoms. The molecule has 0 aliphatic carbocycles. The Kier molecular flexibility index (Phi) is 3.12. The maximum atomic E-state index is 4.29. The number of aromatic nitrogens is 3. The van der Waals surface area contributed by atoms with Crippen molar-refractivity contribution in [2.45, 2.75) is 26.3 Å². The van der Waals surface area contributed by atoms with Gasteiger partial charge in [-0.1, -0.05) is 13.0 Å². The molecule has 0 aliphatic heterocycles. The Morgan fingerprint density at radius 2 is 2.27 bits per heavy atom. The Labute approximate surface area is 89.8 Å². The van der Waals surface area contributed by atoms with E-state index in [2.05, 4.69) is 27.5 Å². The molecule has 0 saturated heterocycles. The van der Waals surface area contributed by atoms with Gasteiger partial charge in [-0.2, -0.15) is 0 Å². The highest BCUT2D eigenvalue weighted by Gasteiger charge is 1.99. The number of imidazole rings is 1. The lowest BCUT2D eigenvalue weighted by atomic mass is 10.2. The van der Waals surface area contributed by atoms with Gasteiger partial charge in [0.1, 0.15) is 5.82 Å². The minimum Gasteiger partial charge on any atom is -0.335 e. The highest BCUT2D eigenvalue weighted by atomic mass is 15.1. The first kappa shape index (κ1) is 9.90. The van der Waals surface area contributed by atoms with Gasteiger partial charge in [0.25, 0.3) is 0 Å². The molecule has 0 N–H and O–H groups in total. The second kappa shape index (κ2) is 4.73. The van der Waals surface area contributed by atoms with E-state index in [1.54, 1.807) is 6.20 Å². The molecule has 0 fully saturated rings. The summed E-state index contributed by atoms with van der Waals surface area (Å²) >= 11 is 0. The van der Waals surface area contributed by atoms with Gasteiger partial charge in [-0.15, -0.1) is 0 Å². The number of nitrogens with zero attached hydrogens (tertiary/aromatic N) is 3. The molecule has 0 bridgehead atoms. The van der Waals surface area contributed by atoms with E-state index in [-0.39, 0.29) is 0 Å². The maximum Gasteiger partial charge on any atom is 0.108 e. The highest BCUT2D eigenvalue weighted by Crippen LogP contribution is 2.03. The third-order valence-electron chi connectivity index (χ3n) is 2.48. The quantitative estimate of drug-likeness (QED) is 0.758. The van der Waals surface area contributed by atoms with Gasteiger partial charge in [0, 0.05) is 37.8 Å². The fourth-order valence-corrected chi connectivity index (χ4v) is 1.65. The van der Waals surface area contributed by atoms with Crippen LogP contribution in [0.1, 0.15) is 18.3 Å². The zero-order valence-corrected chi connectivity index (χ0v) is 8.93. The maximum absolute atomic E-state index is 4.29. The van der Waals surface area contributed by atoms with Gasteiger partial charge in [-0.25, -0.2) is 4.98 Å². The van der Waals surface area contributed by atoms with E-state index in [0.717, 1.165) is 25.2 Å². The molecule has 0 atom stereocenters. The van der Waals surface area contributed by atoms with Crippen molar-refractivity contribution in [3.63, 3.8) is 0 Å². The van der Waals surface area contributed by atoms with E-state index in [1.165, 1.54) is 5.56 Å². The molecule has 0 radical (unpaired) electrons. The lowest BCUT2D eigenvalue weighted by Crippen LogP contribution is -2.04. The number of hydrogen-bond acceptors (Lipinski definition) is 2. The van der Waals surface area contributed by atoms with E-state index in [4.69, 9.17) is 0 Å². The zero-order valence-electron chi connectivity index (χ0n) is 8.93. The number of pyridine rings is 1. The van der Waals surface area contributed by atoms with E-state index in [9.17, 15) is 0 Å². The van der Waals surface area contributed by atoms with Crippen LogP contribution in [0, 0.1) is 0 Å². The Balaban J connectivity index is 1.99. The van der Waals surface area contributed by atoms with Crippen molar-refractivity contribution < 1.29 is 0 Å². The zero-order chi connectivity index (χ0) is 10.5. The van der Waals surface area contributed by atoms with Crippen molar-refractivity contribution in [3.8, 4) is 0 Å². The summed E-state index contributed by atoms with van der Waals surface area (Å²) in [4.78, 5) is 8.40. The summed E-state index contributed by atoms with van der Waals surface area (Å²) in [6.45, 7) is 3.11. The first-order chi connectivity index (χ1) is 7.40. The lowest BCUT2D eigenvalue weighted by Gasteiger charge is -2.05. The van der Waals surface area contributed by atoms with Gasteiger partial charge in [0.15, 0.2) is 0 Å². The van der Waals surface area contributed by atoms with Crippen LogP contribution in [0.25, 0.3) is 0 Å². The van der Waals surface area contributed by atoms with E-state index >= 15 is 0 Å². The normalized spacial score (nSPS) is 10.5. The summed E-state index contributed by atoms with van der Waals surface area (Å²) < 4.78 is 2.20. The monoisotopic (exact) mass is 201 g/mol. The van der Waals surface area contributed by atoms with Crippen molar-refractivity contribution in [3.05, 3.63) is 48.3 Å². The third kappa shape index (κ3) is 2.43. The SMILES string of the molecule is CCc1nccn1CCc1cccnc1. The molecule has 0 aliphatic rings. The van der Waals surface area contributed by atoms with Gasteiger partial charge in [0.05, 0.1) is 0 Å². The van der Waals surface area contributed by atoms with Crippen LogP contribution in [-0.2, 0) is 19.4 Å². The average Bonchev–Trinajstić information content (AvgIpc) is 2.75. The van der Waals surface area contributed by atoms with E-state index < -0.39 is 0 Å². The number of rotatable bonds is 4. The molecule has 0 saturated carbocycles. The topological polar surface area (TPSA) is 30.7 Å². The standard InChI is InChI=1S/C12H15N3/c1-2-12-14-7-9-15(12)8-5-11-4-3-6-13-10-11/h3-4,6-7,9-10H,2,5,8H2,1H3. The fraction of sp³-hybridized carbons (Fsp3) is 0.333. The molecule has 2 heterocycles. The Hall–Kier alpha value is -1.64. The van der Waals surface area contributed by atoms with Crippen LogP contribution in [0.4, 0.5) is 0 Å². The summed E-state index contributed by atoms with van der Waals surface area (Å²) in [5.74, 6) is 1.15. The number of hydrogen-bond donors (Lipinski definition) is 0. The fourth-order valence-electron chi connectivity index (χ4n) is 1.65. The molecule has 78 valence electrons. The summed E-state index contributed by atoms with van der Waals surface area (Å²) in [6.07, 6.45) is 9.62. The predicted octanol–water partition coefficient (Wildman–Crippen LogP) is 2.08. The van der Waals surface area contributed by atoms with Crippen molar-refractivity contribution >= 4 is 0 Å². The molecule has 0 unspecified atom stereocenters. The molecule has 3 heteroatoms. The first-order valence-corrected chi connectivity index (χ1v) is 5.29. The van der Waals surface area contributed by atoms with Crippen molar-refractivity contribution in [2.24, 2.45) is 0 Å². The van der Waals surface area contributed by atoms with Crippen LogP contribution < -0.4 is 0 Å². The van der Waals surface area contributed by atoms with E-state index in [1.807, 2.05) is 24.7 Å². The van der Waals surface area contributed by atoms with Crippen molar-refractivity contribution in [1.82, 2.24) is 14.5 Å². The predicted molar refractivity (Wildman–Crippen MR) is 59.5 cm³/mol. The van der Waals surface area contributed by atoms with Gasteiger partial charge in [-0.05, 0) is 18.1 Å². The molecule has 2 aromatic heterocycles. The molecule has 2 aromatic rings. The molecule has 0 aromatic carbocycles.